The number of carboxylic acids is 1. The van der Waals surface area contributed by atoms with Crippen molar-refractivity contribution < 1.29 is 29.6 Å². The van der Waals surface area contributed by atoms with Gasteiger partial charge in [-0.25, -0.2) is 9.59 Å². The van der Waals surface area contributed by atoms with Crippen LogP contribution in [0, 0.1) is 6.92 Å². The van der Waals surface area contributed by atoms with E-state index < -0.39 is 29.9 Å². The summed E-state index contributed by atoms with van der Waals surface area (Å²) in [5.41, 5.74) is 0.457. The Morgan fingerprint density at radius 1 is 1.25 bits per heavy atom. The molecule has 0 fully saturated rings. The minimum atomic E-state index is -1.17. The fourth-order valence-electron chi connectivity index (χ4n) is 2.13. The summed E-state index contributed by atoms with van der Waals surface area (Å²) in [6, 6.07) is 4.38. The number of benzene rings is 1. The van der Waals surface area contributed by atoms with Crippen molar-refractivity contribution in [3.63, 3.8) is 0 Å². The lowest BCUT2D eigenvalue weighted by Gasteiger charge is -2.21. The quantitative estimate of drug-likeness (QED) is 0.630. The summed E-state index contributed by atoms with van der Waals surface area (Å²) >= 11 is 0. The number of ether oxygens (including phenoxy) is 1. The zero-order chi connectivity index (χ0) is 18.5. The van der Waals surface area contributed by atoms with Gasteiger partial charge in [-0.15, -0.1) is 0 Å². The van der Waals surface area contributed by atoms with Crippen LogP contribution in [0.15, 0.2) is 18.2 Å². The molecule has 2 unspecified atom stereocenters. The number of aromatic carboxylic acids is 1. The summed E-state index contributed by atoms with van der Waals surface area (Å²) in [6.45, 7) is 6.99. The molecule has 0 aliphatic heterocycles. The standard InChI is InChI=1S/C17H25NO6/c1-10-9-11(5-6-12(10)15(21)22)14(20)13(19)7-8-18-16(23)24-17(2,3)4/h5-6,9,13-14,19-20H,7-8H2,1-4H3,(H,18,23)(H,21,22). The van der Waals surface area contributed by atoms with Crippen LogP contribution in [0.1, 0.15) is 54.8 Å². The average Bonchev–Trinajstić information content (AvgIpc) is 2.43. The Hall–Kier alpha value is -2.12. The van der Waals surface area contributed by atoms with Gasteiger partial charge in [-0.2, -0.15) is 0 Å². The summed E-state index contributed by atoms with van der Waals surface area (Å²) in [4.78, 5) is 22.5. The maximum Gasteiger partial charge on any atom is 0.407 e. The second kappa shape index (κ2) is 8.12. The van der Waals surface area contributed by atoms with Crippen LogP contribution in [0.5, 0.6) is 0 Å². The first-order valence-electron chi connectivity index (χ1n) is 7.68. The first-order valence-corrected chi connectivity index (χ1v) is 7.68. The van der Waals surface area contributed by atoms with Crippen LogP contribution in [0.25, 0.3) is 0 Å². The Bertz CT molecular complexity index is 593. The van der Waals surface area contributed by atoms with Crippen LogP contribution in [-0.2, 0) is 4.74 Å². The predicted molar refractivity (Wildman–Crippen MR) is 88.0 cm³/mol. The molecule has 24 heavy (non-hydrogen) atoms. The van der Waals surface area contributed by atoms with E-state index in [1.807, 2.05) is 0 Å². The van der Waals surface area contributed by atoms with Gasteiger partial charge in [-0.1, -0.05) is 12.1 Å². The zero-order valence-electron chi connectivity index (χ0n) is 14.4. The van der Waals surface area contributed by atoms with Crippen LogP contribution in [0.2, 0.25) is 0 Å². The van der Waals surface area contributed by atoms with Gasteiger partial charge >= 0.3 is 12.1 Å². The number of alkyl carbamates (subject to hydrolysis) is 1. The highest BCUT2D eigenvalue weighted by atomic mass is 16.6. The normalized spacial score (nSPS) is 13.9. The summed E-state index contributed by atoms with van der Waals surface area (Å²) in [5, 5.41) is 31.7. The molecule has 4 N–H and O–H groups in total. The third-order valence-electron chi connectivity index (χ3n) is 3.30. The van der Waals surface area contributed by atoms with Crippen molar-refractivity contribution in [3.8, 4) is 0 Å². The lowest BCUT2D eigenvalue weighted by molar-refractivity contribution is 0.0123. The van der Waals surface area contributed by atoms with Gasteiger partial charge in [0.1, 0.15) is 11.7 Å². The van der Waals surface area contributed by atoms with Gasteiger partial charge in [0, 0.05) is 6.54 Å². The molecule has 0 spiro atoms. The molecule has 1 amide bonds. The number of hydrogen-bond acceptors (Lipinski definition) is 5. The predicted octanol–water partition coefficient (Wildman–Crippen LogP) is 2.00. The Morgan fingerprint density at radius 3 is 2.38 bits per heavy atom. The largest absolute Gasteiger partial charge is 0.478 e. The fraction of sp³-hybridized carbons (Fsp3) is 0.529. The molecule has 1 aromatic rings. The molecule has 1 aromatic carbocycles. The Labute approximate surface area is 141 Å². The van der Waals surface area contributed by atoms with Gasteiger partial charge in [0.05, 0.1) is 11.7 Å². The van der Waals surface area contributed by atoms with E-state index in [0.717, 1.165) is 0 Å². The van der Waals surface area contributed by atoms with Crippen molar-refractivity contribution in [2.45, 2.75) is 51.9 Å². The van der Waals surface area contributed by atoms with Gasteiger partial charge in [0.25, 0.3) is 0 Å². The average molecular weight is 339 g/mol. The molecule has 0 saturated heterocycles. The molecule has 7 heteroatoms. The molecule has 7 nitrogen and oxygen atoms in total. The molecule has 0 saturated carbocycles. The topological polar surface area (TPSA) is 116 Å². The second-order valence-corrected chi connectivity index (χ2v) is 6.61. The van der Waals surface area contributed by atoms with Gasteiger partial charge in [0.15, 0.2) is 0 Å². The molecule has 2 atom stereocenters. The highest BCUT2D eigenvalue weighted by Gasteiger charge is 2.21. The highest BCUT2D eigenvalue weighted by Crippen LogP contribution is 2.21. The molecule has 0 bridgehead atoms. The maximum atomic E-state index is 11.5. The number of carbonyl (C=O) groups excluding carboxylic acids is 1. The van der Waals surface area contributed by atoms with Gasteiger partial charge < -0.3 is 25.4 Å². The molecule has 134 valence electrons. The lowest BCUT2D eigenvalue weighted by Crippen LogP contribution is -2.34. The number of aliphatic hydroxyl groups excluding tert-OH is 2. The maximum absolute atomic E-state index is 11.5. The highest BCUT2D eigenvalue weighted by molar-refractivity contribution is 5.89. The molecule has 0 radical (unpaired) electrons. The molecule has 1 rings (SSSR count). The van der Waals surface area contributed by atoms with Crippen LogP contribution >= 0.6 is 0 Å². The van der Waals surface area contributed by atoms with Crippen LogP contribution in [0.3, 0.4) is 0 Å². The minimum Gasteiger partial charge on any atom is -0.478 e. The Balaban J connectivity index is 2.56. The summed E-state index contributed by atoms with van der Waals surface area (Å²) < 4.78 is 5.07. The molecular weight excluding hydrogens is 314 g/mol. The monoisotopic (exact) mass is 339 g/mol. The number of rotatable bonds is 6. The van der Waals surface area contributed by atoms with E-state index in [-0.39, 0.29) is 18.5 Å². The number of amides is 1. The van der Waals surface area contributed by atoms with E-state index >= 15 is 0 Å². The number of carbonyl (C=O) groups is 2. The van der Waals surface area contributed by atoms with Crippen molar-refractivity contribution in [3.05, 3.63) is 34.9 Å². The molecule has 0 aliphatic rings. The van der Waals surface area contributed by atoms with Crippen LogP contribution < -0.4 is 5.32 Å². The van der Waals surface area contributed by atoms with E-state index in [0.29, 0.717) is 11.1 Å². The Morgan fingerprint density at radius 2 is 1.88 bits per heavy atom. The van der Waals surface area contributed by atoms with Crippen molar-refractivity contribution in [1.82, 2.24) is 5.32 Å². The first-order chi connectivity index (χ1) is 11.0. The lowest BCUT2D eigenvalue weighted by atomic mass is 9.98. The van der Waals surface area contributed by atoms with Gasteiger partial charge in [-0.3, -0.25) is 0 Å². The van der Waals surface area contributed by atoms with E-state index in [1.165, 1.54) is 18.2 Å². The van der Waals surface area contributed by atoms with Gasteiger partial charge in [0.2, 0.25) is 0 Å². The SMILES string of the molecule is Cc1cc(C(O)C(O)CCNC(=O)OC(C)(C)C)ccc1C(=O)O. The van der Waals surface area contributed by atoms with Crippen molar-refractivity contribution in [1.29, 1.82) is 0 Å². The van der Waals surface area contributed by atoms with Gasteiger partial charge in [-0.05, 0) is 51.3 Å². The summed E-state index contributed by atoms with van der Waals surface area (Å²) in [7, 11) is 0. The van der Waals surface area contributed by atoms with Crippen molar-refractivity contribution >= 4 is 12.1 Å². The third-order valence-corrected chi connectivity index (χ3v) is 3.30. The second-order valence-electron chi connectivity index (χ2n) is 6.61. The molecular formula is C17H25NO6. The zero-order valence-corrected chi connectivity index (χ0v) is 14.4. The number of carboxylic acid groups (broad SMARTS) is 1. The van der Waals surface area contributed by atoms with E-state index in [4.69, 9.17) is 9.84 Å². The third kappa shape index (κ3) is 6.17. The Kier molecular flexibility index (Phi) is 6.74. The minimum absolute atomic E-state index is 0.125. The number of hydrogen-bond donors (Lipinski definition) is 4. The summed E-state index contributed by atoms with van der Waals surface area (Å²) in [5.74, 6) is -1.05. The molecule has 0 aliphatic carbocycles. The molecule has 0 heterocycles. The number of nitrogens with one attached hydrogen (secondary N) is 1. The first kappa shape index (κ1) is 19.9. The van der Waals surface area contributed by atoms with E-state index in [1.54, 1.807) is 27.7 Å². The van der Waals surface area contributed by atoms with Crippen LogP contribution in [-0.4, -0.2) is 45.6 Å². The smallest absolute Gasteiger partial charge is 0.407 e. The van der Waals surface area contributed by atoms with E-state index in [9.17, 15) is 19.8 Å². The molecule has 0 aromatic heterocycles. The van der Waals surface area contributed by atoms with Crippen molar-refractivity contribution in [2.75, 3.05) is 6.54 Å². The van der Waals surface area contributed by atoms with E-state index in [2.05, 4.69) is 5.32 Å². The number of aliphatic hydroxyl groups is 2. The van der Waals surface area contributed by atoms with Crippen LogP contribution in [0.4, 0.5) is 4.79 Å². The summed E-state index contributed by atoms with van der Waals surface area (Å²) in [6.07, 6.45) is -2.74. The van der Waals surface area contributed by atoms with Crippen molar-refractivity contribution in [2.24, 2.45) is 0 Å². The fourth-order valence-corrected chi connectivity index (χ4v) is 2.13. The number of aryl methyl sites for hydroxylation is 1.